The molecule has 29 heavy (non-hydrogen) atoms. The third-order valence-electron chi connectivity index (χ3n) is 5.11. The largest absolute Gasteiger partial charge is 0.378 e. The Morgan fingerprint density at radius 1 is 1.24 bits per heavy atom. The number of anilines is 2. The third kappa shape index (κ3) is 4.83. The molecular weight excluding hydrogens is 384 g/mol. The maximum absolute atomic E-state index is 13.2. The number of carbonyl (C=O) groups is 1. The molecular formula is C23H26N2O3S. The Morgan fingerprint density at radius 2 is 2.07 bits per heavy atom. The quantitative estimate of drug-likeness (QED) is 0.484. The first-order valence-electron chi connectivity index (χ1n) is 10.2. The van der Waals surface area contributed by atoms with Gasteiger partial charge in [-0.3, -0.25) is 9.69 Å². The number of hydrogen-bond acceptors (Lipinski definition) is 5. The van der Waals surface area contributed by atoms with Gasteiger partial charge in [-0.1, -0.05) is 42.5 Å². The van der Waals surface area contributed by atoms with Crippen molar-refractivity contribution in [3.63, 3.8) is 0 Å². The van der Waals surface area contributed by atoms with E-state index in [4.69, 9.17) is 14.5 Å². The molecule has 0 spiro atoms. The van der Waals surface area contributed by atoms with E-state index in [1.807, 2.05) is 36.4 Å². The topological polar surface area (TPSA) is 51.7 Å². The minimum Gasteiger partial charge on any atom is -0.378 e. The lowest BCUT2D eigenvalue weighted by Crippen LogP contribution is -2.27. The van der Waals surface area contributed by atoms with Gasteiger partial charge in [0.2, 0.25) is 5.91 Å². The molecule has 2 heterocycles. The van der Waals surface area contributed by atoms with Gasteiger partial charge in [0, 0.05) is 6.61 Å². The Kier molecular flexibility index (Phi) is 6.54. The van der Waals surface area contributed by atoms with E-state index in [1.165, 1.54) is 16.9 Å². The van der Waals surface area contributed by atoms with E-state index in [0.29, 0.717) is 24.8 Å². The fourth-order valence-electron chi connectivity index (χ4n) is 3.46. The number of thiazole rings is 1. The average Bonchev–Trinajstić information content (AvgIpc) is 3.41. The molecule has 1 amide bonds. The first-order valence-corrected chi connectivity index (χ1v) is 11.0. The van der Waals surface area contributed by atoms with Gasteiger partial charge in [0.25, 0.3) is 0 Å². The van der Waals surface area contributed by atoms with Crippen LogP contribution in [0.3, 0.4) is 0 Å². The molecule has 1 saturated heterocycles. The molecule has 2 aromatic carbocycles. The highest BCUT2D eigenvalue weighted by Gasteiger charge is 2.22. The number of hydrogen-bond donors (Lipinski definition) is 0. The van der Waals surface area contributed by atoms with Gasteiger partial charge in [-0.05, 0) is 49.1 Å². The summed E-state index contributed by atoms with van der Waals surface area (Å²) >= 11 is 1.53. The lowest BCUT2D eigenvalue weighted by Gasteiger charge is -2.20. The van der Waals surface area contributed by atoms with E-state index < -0.39 is 0 Å². The van der Waals surface area contributed by atoms with Crippen molar-refractivity contribution in [1.29, 1.82) is 0 Å². The highest BCUT2D eigenvalue weighted by atomic mass is 32.1. The summed E-state index contributed by atoms with van der Waals surface area (Å²) in [5.74, 6) is -0.0133. The fraction of sp³-hybridized carbons (Fsp3) is 0.391. The molecule has 152 valence electrons. The number of carbonyl (C=O) groups excluding carboxylic acids is 1. The van der Waals surface area contributed by atoms with Crippen LogP contribution in [-0.2, 0) is 20.7 Å². The zero-order valence-corrected chi connectivity index (χ0v) is 17.5. The van der Waals surface area contributed by atoms with E-state index in [1.54, 1.807) is 4.90 Å². The standard InChI is InChI=1S/C23H26N2O3S/c1-2-17-9-11-18(12-10-17)25(23-24-20-7-3-4-8-21(20)29-23)22(26)13-15-27-16-19-6-5-14-28-19/h3-4,7-12,19H,2,5-6,13-16H2,1H3. The number of fused-ring (bicyclic) bond motifs is 1. The van der Waals surface area contributed by atoms with Gasteiger partial charge in [-0.2, -0.15) is 0 Å². The molecule has 0 radical (unpaired) electrons. The summed E-state index contributed by atoms with van der Waals surface area (Å²) < 4.78 is 12.4. The molecule has 0 bridgehead atoms. The fourth-order valence-corrected chi connectivity index (χ4v) is 4.46. The summed E-state index contributed by atoms with van der Waals surface area (Å²) in [7, 11) is 0. The number of benzene rings is 2. The highest BCUT2D eigenvalue weighted by Crippen LogP contribution is 2.34. The summed E-state index contributed by atoms with van der Waals surface area (Å²) in [5, 5.41) is 0.694. The van der Waals surface area contributed by atoms with Crippen LogP contribution in [0.5, 0.6) is 0 Å². The van der Waals surface area contributed by atoms with Crippen molar-refractivity contribution in [1.82, 2.24) is 4.98 Å². The van der Waals surface area contributed by atoms with Crippen LogP contribution < -0.4 is 4.90 Å². The minimum absolute atomic E-state index is 0.0133. The summed E-state index contributed by atoms with van der Waals surface area (Å²) in [6, 6.07) is 16.1. The number of amides is 1. The molecule has 1 atom stereocenters. The van der Waals surface area contributed by atoms with E-state index in [2.05, 4.69) is 19.1 Å². The zero-order valence-electron chi connectivity index (χ0n) is 16.7. The number of nitrogens with zero attached hydrogens (tertiary/aromatic N) is 2. The molecule has 0 aliphatic carbocycles. The smallest absolute Gasteiger partial charge is 0.235 e. The van der Waals surface area contributed by atoms with Crippen LogP contribution in [0.2, 0.25) is 0 Å². The normalized spacial score (nSPS) is 16.4. The maximum Gasteiger partial charge on any atom is 0.235 e. The summed E-state index contributed by atoms with van der Waals surface area (Å²) in [4.78, 5) is 19.6. The van der Waals surface area contributed by atoms with Crippen molar-refractivity contribution < 1.29 is 14.3 Å². The molecule has 3 aromatic rings. The molecule has 4 rings (SSSR count). The van der Waals surface area contributed by atoms with Crippen LogP contribution in [0, 0.1) is 0 Å². The Morgan fingerprint density at radius 3 is 2.79 bits per heavy atom. The Hall–Kier alpha value is -2.28. The van der Waals surface area contributed by atoms with E-state index in [9.17, 15) is 4.79 Å². The van der Waals surface area contributed by atoms with Gasteiger partial charge in [0.05, 0.1) is 41.6 Å². The average molecular weight is 411 g/mol. The van der Waals surface area contributed by atoms with Crippen molar-refractivity contribution in [3.8, 4) is 0 Å². The number of ether oxygens (including phenoxy) is 2. The Labute approximate surface area is 175 Å². The number of aromatic nitrogens is 1. The monoisotopic (exact) mass is 410 g/mol. The van der Waals surface area contributed by atoms with Crippen molar-refractivity contribution in [2.24, 2.45) is 0 Å². The molecule has 6 heteroatoms. The van der Waals surface area contributed by atoms with Crippen LogP contribution in [0.15, 0.2) is 48.5 Å². The number of rotatable bonds is 8. The van der Waals surface area contributed by atoms with Crippen molar-refractivity contribution in [2.75, 3.05) is 24.7 Å². The predicted molar refractivity (Wildman–Crippen MR) is 117 cm³/mol. The van der Waals surface area contributed by atoms with Crippen LogP contribution in [0.1, 0.15) is 31.7 Å². The van der Waals surface area contributed by atoms with Gasteiger partial charge in [-0.15, -0.1) is 0 Å². The molecule has 1 aliphatic heterocycles. The van der Waals surface area contributed by atoms with E-state index in [0.717, 1.165) is 41.8 Å². The molecule has 1 fully saturated rings. The van der Waals surface area contributed by atoms with Gasteiger partial charge >= 0.3 is 0 Å². The second-order valence-electron chi connectivity index (χ2n) is 7.17. The molecule has 1 aliphatic rings. The van der Waals surface area contributed by atoms with Gasteiger partial charge in [0.15, 0.2) is 5.13 Å². The third-order valence-corrected chi connectivity index (χ3v) is 6.14. The predicted octanol–water partition coefficient (Wildman–Crippen LogP) is 5.11. The number of aryl methyl sites for hydroxylation is 1. The summed E-state index contributed by atoms with van der Waals surface area (Å²) in [6.45, 7) is 3.87. The Balaban J connectivity index is 1.51. The zero-order chi connectivity index (χ0) is 20.1. The second kappa shape index (κ2) is 9.48. The minimum atomic E-state index is -0.0133. The highest BCUT2D eigenvalue weighted by molar-refractivity contribution is 7.22. The lowest BCUT2D eigenvalue weighted by atomic mass is 10.1. The Bertz CT molecular complexity index is 915. The maximum atomic E-state index is 13.2. The number of para-hydroxylation sites is 1. The lowest BCUT2D eigenvalue weighted by molar-refractivity contribution is -0.119. The van der Waals surface area contributed by atoms with E-state index in [-0.39, 0.29) is 12.0 Å². The first kappa shape index (κ1) is 20.0. The van der Waals surface area contributed by atoms with Gasteiger partial charge in [-0.25, -0.2) is 4.98 Å². The van der Waals surface area contributed by atoms with Crippen LogP contribution >= 0.6 is 11.3 Å². The van der Waals surface area contributed by atoms with Crippen molar-refractivity contribution in [2.45, 2.75) is 38.7 Å². The summed E-state index contributed by atoms with van der Waals surface area (Å²) in [5.41, 5.74) is 2.99. The van der Waals surface area contributed by atoms with Gasteiger partial charge in [0.1, 0.15) is 0 Å². The van der Waals surface area contributed by atoms with Gasteiger partial charge < -0.3 is 9.47 Å². The van der Waals surface area contributed by atoms with Crippen molar-refractivity contribution in [3.05, 3.63) is 54.1 Å². The van der Waals surface area contributed by atoms with Crippen molar-refractivity contribution >= 4 is 38.3 Å². The second-order valence-corrected chi connectivity index (χ2v) is 8.18. The van der Waals surface area contributed by atoms with E-state index >= 15 is 0 Å². The van der Waals surface area contributed by atoms with Crippen LogP contribution in [-0.4, -0.2) is 36.8 Å². The molecule has 5 nitrogen and oxygen atoms in total. The molecule has 1 unspecified atom stereocenters. The first-order chi connectivity index (χ1) is 14.2. The SMILES string of the molecule is CCc1ccc(N(C(=O)CCOCC2CCCO2)c2nc3ccccc3s2)cc1. The molecule has 0 N–H and O–H groups in total. The summed E-state index contributed by atoms with van der Waals surface area (Å²) in [6.07, 6.45) is 3.57. The van der Waals surface area contributed by atoms with Crippen LogP contribution in [0.25, 0.3) is 10.2 Å². The molecule has 0 saturated carbocycles. The van der Waals surface area contributed by atoms with Crippen LogP contribution in [0.4, 0.5) is 10.8 Å². The molecule has 1 aromatic heterocycles.